The first-order valence-electron chi connectivity index (χ1n) is 5.27. The van der Waals surface area contributed by atoms with Gasteiger partial charge in [0.15, 0.2) is 0 Å². The second kappa shape index (κ2) is 5.32. The van der Waals surface area contributed by atoms with Gasteiger partial charge in [0.25, 0.3) is 0 Å². The molecule has 0 aliphatic heterocycles. The molecule has 9 heteroatoms. The van der Waals surface area contributed by atoms with Crippen LogP contribution in [0.4, 0.5) is 5.82 Å². The monoisotopic (exact) mass is 306 g/mol. The standard InChI is InChI=1S/C10H15ClN4O3S/c1-10(2,9(12)16)15-19(17,18)6-4-7(11)8(13-3)14-5-6/h4-5,15H,1-3H3,(H2,12,16)(H,13,14). The van der Waals surface area contributed by atoms with Gasteiger partial charge in [-0.1, -0.05) is 11.6 Å². The van der Waals surface area contributed by atoms with Crippen LogP contribution in [0.5, 0.6) is 0 Å². The zero-order valence-corrected chi connectivity index (χ0v) is 12.3. The molecule has 0 saturated heterocycles. The lowest BCUT2D eigenvalue weighted by Crippen LogP contribution is -2.52. The predicted molar refractivity (Wildman–Crippen MR) is 72.4 cm³/mol. The Kier molecular flexibility index (Phi) is 4.39. The van der Waals surface area contributed by atoms with Gasteiger partial charge in [-0.2, -0.15) is 4.72 Å². The maximum absolute atomic E-state index is 12.1. The topological polar surface area (TPSA) is 114 Å². The summed E-state index contributed by atoms with van der Waals surface area (Å²) in [5, 5.41) is 2.86. The Balaban J connectivity index is 3.15. The Hall–Kier alpha value is -1.38. The van der Waals surface area contributed by atoms with E-state index in [0.29, 0.717) is 5.82 Å². The lowest BCUT2D eigenvalue weighted by atomic mass is 10.1. The number of hydrogen-bond acceptors (Lipinski definition) is 5. The third-order valence-corrected chi connectivity index (χ3v) is 4.28. The molecule has 0 fully saturated rings. The number of pyridine rings is 1. The van der Waals surface area contributed by atoms with Crippen molar-refractivity contribution in [2.45, 2.75) is 24.3 Å². The van der Waals surface area contributed by atoms with E-state index < -0.39 is 21.5 Å². The molecule has 1 amide bonds. The Bertz CT molecular complexity index is 601. The van der Waals surface area contributed by atoms with Gasteiger partial charge in [0, 0.05) is 13.2 Å². The molecule has 0 aliphatic carbocycles. The molecule has 0 atom stereocenters. The molecule has 1 heterocycles. The van der Waals surface area contributed by atoms with E-state index in [1.807, 2.05) is 0 Å². The highest BCUT2D eigenvalue weighted by atomic mass is 35.5. The van der Waals surface area contributed by atoms with Crippen LogP contribution in [0.2, 0.25) is 5.02 Å². The number of halogens is 1. The number of nitrogens with zero attached hydrogens (tertiary/aromatic N) is 1. The van der Waals surface area contributed by atoms with Crippen LogP contribution in [0, 0.1) is 0 Å². The summed E-state index contributed by atoms with van der Waals surface area (Å²) < 4.78 is 26.3. The summed E-state index contributed by atoms with van der Waals surface area (Å²) in [4.78, 5) is 14.9. The number of nitrogens with one attached hydrogen (secondary N) is 2. The number of rotatable bonds is 5. The van der Waals surface area contributed by atoms with Crippen molar-refractivity contribution in [2.24, 2.45) is 5.73 Å². The number of anilines is 1. The van der Waals surface area contributed by atoms with E-state index in [1.54, 1.807) is 7.05 Å². The van der Waals surface area contributed by atoms with Crippen LogP contribution in [0.15, 0.2) is 17.2 Å². The molecule has 0 spiro atoms. The van der Waals surface area contributed by atoms with Crippen molar-refractivity contribution >= 4 is 33.3 Å². The van der Waals surface area contributed by atoms with E-state index in [1.165, 1.54) is 19.9 Å². The van der Waals surface area contributed by atoms with Crippen molar-refractivity contribution < 1.29 is 13.2 Å². The molecule has 4 N–H and O–H groups in total. The van der Waals surface area contributed by atoms with Crippen molar-refractivity contribution in [3.8, 4) is 0 Å². The maximum atomic E-state index is 12.1. The van der Waals surface area contributed by atoms with Gasteiger partial charge in [0.1, 0.15) is 16.3 Å². The van der Waals surface area contributed by atoms with E-state index in [9.17, 15) is 13.2 Å². The maximum Gasteiger partial charge on any atom is 0.243 e. The van der Waals surface area contributed by atoms with Gasteiger partial charge in [-0.3, -0.25) is 4.79 Å². The number of amides is 1. The molecule has 0 radical (unpaired) electrons. The molecule has 106 valence electrons. The lowest BCUT2D eigenvalue weighted by Gasteiger charge is -2.22. The number of nitrogens with two attached hydrogens (primary N) is 1. The average molecular weight is 307 g/mol. The molecule has 0 aliphatic rings. The average Bonchev–Trinajstić information content (AvgIpc) is 2.27. The Morgan fingerprint density at radius 1 is 1.47 bits per heavy atom. The van der Waals surface area contributed by atoms with Gasteiger partial charge in [-0.25, -0.2) is 13.4 Å². The zero-order chi connectivity index (χ0) is 14.8. The van der Waals surface area contributed by atoms with Crippen LogP contribution in [-0.2, 0) is 14.8 Å². The Morgan fingerprint density at radius 2 is 2.05 bits per heavy atom. The van der Waals surface area contributed by atoms with Crippen LogP contribution in [0.25, 0.3) is 0 Å². The molecule has 7 nitrogen and oxygen atoms in total. The van der Waals surface area contributed by atoms with Gasteiger partial charge in [0.2, 0.25) is 15.9 Å². The molecular formula is C10H15ClN4O3S. The van der Waals surface area contributed by atoms with Crippen molar-refractivity contribution in [3.05, 3.63) is 17.3 Å². The van der Waals surface area contributed by atoms with Crippen LogP contribution >= 0.6 is 11.6 Å². The van der Waals surface area contributed by atoms with Gasteiger partial charge >= 0.3 is 0 Å². The van der Waals surface area contributed by atoms with Crippen molar-refractivity contribution in [1.29, 1.82) is 0 Å². The summed E-state index contributed by atoms with van der Waals surface area (Å²) in [5.41, 5.74) is 3.70. The highest BCUT2D eigenvalue weighted by molar-refractivity contribution is 7.89. The molecule has 1 rings (SSSR count). The van der Waals surface area contributed by atoms with E-state index >= 15 is 0 Å². The number of hydrogen-bond donors (Lipinski definition) is 3. The number of primary amides is 1. The minimum atomic E-state index is -3.94. The first-order valence-corrected chi connectivity index (χ1v) is 7.13. The van der Waals surface area contributed by atoms with E-state index in [-0.39, 0.29) is 9.92 Å². The van der Waals surface area contributed by atoms with Crippen LogP contribution in [0.3, 0.4) is 0 Å². The van der Waals surface area contributed by atoms with Gasteiger partial charge in [-0.05, 0) is 19.9 Å². The Morgan fingerprint density at radius 3 is 2.47 bits per heavy atom. The second-order valence-corrected chi connectivity index (χ2v) is 6.44. The van der Waals surface area contributed by atoms with E-state index in [2.05, 4.69) is 15.0 Å². The van der Waals surface area contributed by atoms with Crippen molar-refractivity contribution in [1.82, 2.24) is 9.71 Å². The van der Waals surface area contributed by atoms with Crippen LogP contribution < -0.4 is 15.8 Å². The number of sulfonamides is 1. The molecule has 1 aromatic rings. The number of carbonyl (C=O) groups excluding carboxylic acids is 1. The molecule has 0 aromatic carbocycles. The number of aromatic nitrogens is 1. The van der Waals surface area contributed by atoms with Gasteiger partial charge in [0.05, 0.1) is 5.02 Å². The zero-order valence-electron chi connectivity index (χ0n) is 10.7. The smallest absolute Gasteiger partial charge is 0.243 e. The fourth-order valence-corrected chi connectivity index (χ4v) is 2.88. The summed E-state index contributed by atoms with van der Waals surface area (Å²) in [7, 11) is -2.33. The fourth-order valence-electron chi connectivity index (χ4n) is 1.20. The van der Waals surface area contributed by atoms with Gasteiger partial charge in [-0.15, -0.1) is 0 Å². The molecular weight excluding hydrogens is 292 g/mol. The molecule has 0 unspecified atom stereocenters. The fraction of sp³-hybridized carbons (Fsp3) is 0.400. The van der Waals surface area contributed by atoms with E-state index in [4.69, 9.17) is 17.3 Å². The lowest BCUT2D eigenvalue weighted by molar-refractivity contribution is -0.122. The summed E-state index contributed by atoms with van der Waals surface area (Å²) >= 11 is 5.86. The minimum absolute atomic E-state index is 0.147. The molecule has 0 bridgehead atoms. The number of carbonyl (C=O) groups is 1. The largest absolute Gasteiger partial charge is 0.372 e. The van der Waals surface area contributed by atoms with Crippen molar-refractivity contribution in [3.63, 3.8) is 0 Å². The third kappa shape index (κ3) is 3.55. The van der Waals surface area contributed by atoms with E-state index in [0.717, 1.165) is 6.20 Å². The SMILES string of the molecule is CNc1ncc(S(=O)(=O)NC(C)(C)C(N)=O)cc1Cl. The quantitative estimate of drug-likeness (QED) is 0.725. The summed E-state index contributed by atoms with van der Waals surface area (Å²) in [6.07, 6.45) is 1.14. The van der Waals surface area contributed by atoms with Crippen LogP contribution in [-0.4, -0.2) is 31.9 Å². The van der Waals surface area contributed by atoms with Crippen molar-refractivity contribution in [2.75, 3.05) is 12.4 Å². The summed E-state index contributed by atoms with van der Waals surface area (Å²) in [5.74, 6) is -0.434. The highest BCUT2D eigenvalue weighted by Crippen LogP contribution is 2.22. The first kappa shape index (κ1) is 15.7. The highest BCUT2D eigenvalue weighted by Gasteiger charge is 2.31. The first-order chi connectivity index (χ1) is 8.60. The summed E-state index contributed by atoms with van der Waals surface area (Å²) in [6.45, 7) is 2.73. The normalized spacial score (nSPS) is 12.2. The summed E-state index contributed by atoms with van der Waals surface area (Å²) in [6, 6.07) is 1.24. The minimum Gasteiger partial charge on any atom is -0.372 e. The second-order valence-electron chi connectivity index (χ2n) is 4.35. The van der Waals surface area contributed by atoms with Crippen LogP contribution in [0.1, 0.15) is 13.8 Å². The predicted octanol–water partition coefficient (Wildman–Crippen LogP) is 0.319. The molecule has 1 aromatic heterocycles. The van der Waals surface area contributed by atoms with Gasteiger partial charge < -0.3 is 11.1 Å². The molecule has 19 heavy (non-hydrogen) atoms. The third-order valence-electron chi connectivity index (χ3n) is 2.37. The molecule has 0 saturated carbocycles. The Labute approximate surface area is 116 Å².